The van der Waals surface area contributed by atoms with E-state index in [1.807, 2.05) is 37.3 Å². The second-order valence-electron chi connectivity index (χ2n) is 4.29. The van der Waals surface area contributed by atoms with Crippen molar-refractivity contribution in [3.05, 3.63) is 62.6 Å². The highest BCUT2D eigenvalue weighted by molar-refractivity contribution is 9.10. The molecule has 0 aliphatic rings. The first-order valence-electron chi connectivity index (χ1n) is 6.51. The number of ether oxygens (including phenoxy) is 1. The van der Waals surface area contributed by atoms with Gasteiger partial charge in [0.2, 0.25) is 0 Å². The smallest absolute Gasteiger partial charge is 0.283 e. The van der Waals surface area contributed by atoms with Crippen LogP contribution in [0.5, 0.6) is 5.75 Å². The van der Waals surface area contributed by atoms with E-state index in [1.165, 1.54) is 6.07 Å². The van der Waals surface area contributed by atoms with Gasteiger partial charge in [-0.3, -0.25) is 10.1 Å². The minimum Gasteiger partial charge on any atom is -0.492 e. The summed E-state index contributed by atoms with van der Waals surface area (Å²) in [5, 5.41) is 14.2. The summed E-state index contributed by atoms with van der Waals surface area (Å²) in [5.41, 5.74) is 1.74. The molecule has 0 aliphatic heterocycles. The summed E-state index contributed by atoms with van der Waals surface area (Å²) < 4.78 is 6.03. The fourth-order valence-corrected chi connectivity index (χ4v) is 2.48. The van der Waals surface area contributed by atoms with Crippen LogP contribution in [0.1, 0.15) is 12.5 Å². The van der Waals surface area contributed by atoms with Gasteiger partial charge < -0.3 is 10.1 Å². The zero-order chi connectivity index (χ0) is 15.2. The maximum Gasteiger partial charge on any atom is 0.283 e. The molecule has 5 nitrogen and oxygen atoms in total. The van der Waals surface area contributed by atoms with Gasteiger partial charge in [-0.15, -0.1) is 0 Å². The molecule has 0 aliphatic carbocycles. The summed E-state index contributed by atoms with van der Waals surface area (Å²) in [5.74, 6) is 0.765. The molecule has 0 radical (unpaired) electrons. The molecule has 0 saturated heterocycles. The zero-order valence-corrected chi connectivity index (χ0v) is 13.1. The predicted molar refractivity (Wildman–Crippen MR) is 85.7 cm³/mol. The number of hydrogen-bond donors (Lipinski definition) is 1. The minimum atomic E-state index is -0.401. The number of hydrogen-bond acceptors (Lipinski definition) is 4. The summed E-state index contributed by atoms with van der Waals surface area (Å²) in [6.45, 7) is 2.97. The summed E-state index contributed by atoms with van der Waals surface area (Å²) in [6.07, 6.45) is 0. The molecule has 0 unspecified atom stereocenters. The Morgan fingerprint density at radius 2 is 2.00 bits per heavy atom. The van der Waals surface area contributed by atoms with E-state index >= 15 is 0 Å². The molecule has 2 rings (SSSR count). The molecule has 6 heteroatoms. The topological polar surface area (TPSA) is 64.4 Å². The standard InChI is InChI=1S/C15H15BrN2O3/c1-2-21-14-9-4-3-7-12(14)17-10-11-6-5-8-13(15(11)16)18(19)20/h3-9,17H,2,10H2,1H3. The molecule has 0 amide bonds. The van der Waals surface area contributed by atoms with Crippen LogP contribution in [-0.2, 0) is 6.54 Å². The maximum atomic E-state index is 10.9. The van der Waals surface area contributed by atoms with Crippen LogP contribution in [0.3, 0.4) is 0 Å². The molecule has 0 saturated carbocycles. The van der Waals surface area contributed by atoms with Crippen molar-refractivity contribution in [3.8, 4) is 5.75 Å². The molecular weight excluding hydrogens is 336 g/mol. The predicted octanol–water partition coefficient (Wildman–Crippen LogP) is 4.37. The molecule has 2 aromatic carbocycles. The van der Waals surface area contributed by atoms with E-state index in [0.717, 1.165) is 17.0 Å². The van der Waals surface area contributed by atoms with Crippen molar-refractivity contribution in [3.63, 3.8) is 0 Å². The van der Waals surface area contributed by atoms with Gasteiger partial charge in [0.15, 0.2) is 0 Å². The van der Waals surface area contributed by atoms with Crippen molar-refractivity contribution in [1.29, 1.82) is 0 Å². The molecule has 0 bridgehead atoms. The highest BCUT2D eigenvalue weighted by Gasteiger charge is 2.14. The van der Waals surface area contributed by atoms with Gasteiger partial charge in [-0.1, -0.05) is 24.3 Å². The van der Waals surface area contributed by atoms with Gasteiger partial charge in [-0.2, -0.15) is 0 Å². The minimum absolute atomic E-state index is 0.0624. The Balaban J connectivity index is 2.17. The first-order chi connectivity index (χ1) is 10.1. The number of nitrogens with one attached hydrogen (secondary N) is 1. The van der Waals surface area contributed by atoms with E-state index in [4.69, 9.17) is 4.74 Å². The van der Waals surface area contributed by atoms with Gasteiger partial charge in [0.25, 0.3) is 5.69 Å². The van der Waals surface area contributed by atoms with Crippen LogP contribution in [0.4, 0.5) is 11.4 Å². The molecule has 2 aromatic rings. The van der Waals surface area contributed by atoms with Crippen LogP contribution < -0.4 is 10.1 Å². The Morgan fingerprint density at radius 3 is 2.71 bits per heavy atom. The summed E-state index contributed by atoms with van der Waals surface area (Å²) >= 11 is 3.29. The molecule has 0 fully saturated rings. The molecule has 0 atom stereocenters. The molecular formula is C15H15BrN2O3. The number of halogens is 1. The molecule has 0 heterocycles. The molecule has 0 aromatic heterocycles. The number of nitrogens with zero attached hydrogens (tertiary/aromatic N) is 1. The number of nitro groups is 1. The van der Waals surface area contributed by atoms with E-state index in [2.05, 4.69) is 21.2 Å². The van der Waals surface area contributed by atoms with Crippen LogP contribution in [0.2, 0.25) is 0 Å². The second-order valence-corrected chi connectivity index (χ2v) is 5.08. The number of rotatable bonds is 6. The normalized spacial score (nSPS) is 10.2. The molecule has 21 heavy (non-hydrogen) atoms. The van der Waals surface area contributed by atoms with E-state index in [1.54, 1.807) is 6.07 Å². The first kappa shape index (κ1) is 15.3. The van der Waals surface area contributed by atoms with Crippen LogP contribution in [0.15, 0.2) is 46.9 Å². The Hall–Kier alpha value is -2.08. The average molecular weight is 351 g/mol. The average Bonchev–Trinajstić information content (AvgIpc) is 2.47. The van der Waals surface area contributed by atoms with Crippen molar-refractivity contribution in [1.82, 2.24) is 0 Å². The van der Waals surface area contributed by atoms with Gasteiger partial charge in [0.1, 0.15) is 10.2 Å². The third-order valence-corrected chi connectivity index (χ3v) is 3.83. The lowest BCUT2D eigenvalue weighted by Gasteiger charge is -2.13. The van der Waals surface area contributed by atoms with Gasteiger partial charge in [0.05, 0.1) is 17.2 Å². The van der Waals surface area contributed by atoms with Crippen molar-refractivity contribution < 1.29 is 9.66 Å². The monoisotopic (exact) mass is 350 g/mol. The molecule has 110 valence electrons. The van der Waals surface area contributed by atoms with Gasteiger partial charge >= 0.3 is 0 Å². The van der Waals surface area contributed by atoms with E-state index < -0.39 is 4.92 Å². The SMILES string of the molecule is CCOc1ccccc1NCc1cccc([N+](=O)[O-])c1Br. The summed E-state index contributed by atoms with van der Waals surface area (Å²) in [6, 6.07) is 12.6. The lowest BCUT2D eigenvalue weighted by atomic mass is 10.2. The number of benzene rings is 2. The Bertz CT molecular complexity index is 647. The number of para-hydroxylation sites is 2. The maximum absolute atomic E-state index is 10.9. The van der Waals surface area contributed by atoms with E-state index in [0.29, 0.717) is 17.6 Å². The number of nitro benzene ring substituents is 1. The van der Waals surface area contributed by atoms with Crippen LogP contribution in [-0.4, -0.2) is 11.5 Å². The van der Waals surface area contributed by atoms with E-state index in [-0.39, 0.29) is 5.69 Å². The third-order valence-electron chi connectivity index (χ3n) is 2.91. The largest absolute Gasteiger partial charge is 0.492 e. The fourth-order valence-electron chi connectivity index (χ4n) is 1.93. The zero-order valence-electron chi connectivity index (χ0n) is 11.5. The lowest BCUT2D eigenvalue weighted by molar-refractivity contribution is -0.385. The van der Waals surface area contributed by atoms with Crippen molar-refractivity contribution in [2.24, 2.45) is 0 Å². The van der Waals surface area contributed by atoms with Crippen LogP contribution >= 0.6 is 15.9 Å². The summed E-state index contributed by atoms with van der Waals surface area (Å²) in [4.78, 5) is 10.5. The lowest BCUT2D eigenvalue weighted by Crippen LogP contribution is -2.04. The van der Waals surface area contributed by atoms with Crippen molar-refractivity contribution >= 4 is 27.3 Å². The van der Waals surface area contributed by atoms with Crippen LogP contribution in [0.25, 0.3) is 0 Å². The number of anilines is 1. The Kier molecular flexibility index (Phi) is 5.16. The third kappa shape index (κ3) is 3.72. The summed E-state index contributed by atoms with van der Waals surface area (Å²) in [7, 11) is 0. The molecule has 1 N–H and O–H groups in total. The van der Waals surface area contributed by atoms with Crippen molar-refractivity contribution in [2.45, 2.75) is 13.5 Å². The van der Waals surface area contributed by atoms with Crippen LogP contribution in [0, 0.1) is 10.1 Å². The Morgan fingerprint density at radius 1 is 1.24 bits per heavy atom. The highest BCUT2D eigenvalue weighted by Crippen LogP contribution is 2.30. The highest BCUT2D eigenvalue weighted by atomic mass is 79.9. The van der Waals surface area contributed by atoms with Gasteiger partial charge in [-0.25, -0.2) is 0 Å². The van der Waals surface area contributed by atoms with Gasteiger partial charge in [-0.05, 0) is 40.5 Å². The quantitative estimate of drug-likeness (QED) is 0.620. The fraction of sp³-hybridized carbons (Fsp3) is 0.200. The first-order valence-corrected chi connectivity index (χ1v) is 7.30. The Labute approximate surface area is 131 Å². The second kappa shape index (κ2) is 7.08. The van der Waals surface area contributed by atoms with Crippen molar-refractivity contribution in [2.75, 3.05) is 11.9 Å². The van der Waals surface area contributed by atoms with E-state index in [9.17, 15) is 10.1 Å². The molecule has 0 spiro atoms. The van der Waals surface area contributed by atoms with Gasteiger partial charge in [0, 0.05) is 12.6 Å².